The average Bonchev–Trinajstić information content (AvgIpc) is 2.52. The highest BCUT2D eigenvalue weighted by Crippen LogP contribution is 2.26. The third-order valence-electron chi connectivity index (χ3n) is 3.94. The molecule has 0 N–H and O–H groups in total. The topological polar surface area (TPSA) is 26.3 Å². The van der Waals surface area contributed by atoms with Crippen molar-refractivity contribution in [2.24, 2.45) is 5.92 Å². The predicted molar refractivity (Wildman–Crippen MR) is 93.5 cm³/mol. The average molecular weight is 338 g/mol. The van der Waals surface area contributed by atoms with Crippen LogP contribution in [0.1, 0.15) is 62.4 Å². The number of hydrogen-bond acceptors (Lipinski definition) is 2. The van der Waals surface area contributed by atoms with Crippen LogP contribution in [-0.2, 0) is 11.2 Å². The summed E-state index contributed by atoms with van der Waals surface area (Å²) in [4.78, 5) is 11.3. The molecule has 134 valence electrons. The van der Waals surface area contributed by atoms with E-state index < -0.39 is 11.9 Å². The molecule has 0 aliphatic carbocycles. The van der Waals surface area contributed by atoms with Crippen molar-refractivity contribution in [1.82, 2.24) is 0 Å². The van der Waals surface area contributed by atoms with Crippen molar-refractivity contribution in [3.63, 3.8) is 0 Å². The number of carbonyl (C=O) groups excluding carboxylic acids is 1. The third-order valence-corrected chi connectivity index (χ3v) is 3.94. The number of benzene rings is 1. The first kappa shape index (κ1) is 20.3. The summed E-state index contributed by atoms with van der Waals surface area (Å²) in [5.74, 6) is -2.60. The van der Waals surface area contributed by atoms with Gasteiger partial charge >= 0.3 is 5.97 Å². The van der Waals surface area contributed by atoms with Crippen LogP contribution < -0.4 is 0 Å². The van der Waals surface area contributed by atoms with Gasteiger partial charge in [0.25, 0.3) is 5.92 Å². The lowest BCUT2D eigenvalue weighted by atomic mass is 10.00. The van der Waals surface area contributed by atoms with Crippen LogP contribution >= 0.6 is 0 Å². The highest BCUT2D eigenvalue weighted by Gasteiger charge is 2.27. The predicted octanol–water partition coefficient (Wildman–Crippen LogP) is 5.81. The molecule has 0 radical (unpaired) electrons. The number of halogens is 2. The molecule has 1 rings (SSSR count). The zero-order valence-corrected chi connectivity index (χ0v) is 15.1. The van der Waals surface area contributed by atoms with E-state index in [0.717, 1.165) is 24.8 Å². The van der Waals surface area contributed by atoms with Crippen LogP contribution in [0.4, 0.5) is 8.78 Å². The van der Waals surface area contributed by atoms with Gasteiger partial charge in [-0.05, 0) is 43.4 Å². The van der Waals surface area contributed by atoms with Gasteiger partial charge in [-0.1, -0.05) is 44.1 Å². The fourth-order valence-electron chi connectivity index (χ4n) is 2.46. The van der Waals surface area contributed by atoms with E-state index >= 15 is 0 Å². The van der Waals surface area contributed by atoms with Crippen LogP contribution in [0.5, 0.6) is 0 Å². The van der Waals surface area contributed by atoms with Crippen molar-refractivity contribution in [2.45, 2.75) is 58.8 Å². The molecule has 0 saturated carbocycles. The molecule has 0 aliphatic heterocycles. The van der Waals surface area contributed by atoms with Gasteiger partial charge in [0.1, 0.15) is 0 Å². The van der Waals surface area contributed by atoms with Crippen LogP contribution in [0.3, 0.4) is 0 Å². The smallest absolute Gasteiger partial charge is 0.337 e. The van der Waals surface area contributed by atoms with Crippen LogP contribution in [0, 0.1) is 5.92 Å². The van der Waals surface area contributed by atoms with Crippen LogP contribution in [-0.4, -0.2) is 19.0 Å². The van der Waals surface area contributed by atoms with E-state index in [1.807, 2.05) is 6.92 Å². The number of methoxy groups -OCH3 is 1. The summed E-state index contributed by atoms with van der Waals surface area (Å²) in [5.41, 5.74) is 1.90. The molecule has 0 heterocycles. The van der Waals surface area contributed by atoms with Gasteiger partial charge in [0.15, 0.2) is 0 Å². The SMILES string of the molecule is COC(=O)c1ccc(CC(F)(F)C/C=C(\C)CCCC(C)C)cc1. The highest BCUT2D eigenvalue weighted by atomic mass is 19.3. The Morgan fingerprint density at radius 2 is 1.88 bits per heavy atom. The monoisotopic (exact) mass is 338 g/mol. The van der Waals surface area contributed by atoms with E-state index in [4.69, 9.17) is 0 Å². The maximum atomic E-state index is 14.1. The Bertz CT molecular complexity index is 545. The molecule has 0 spiro atoms. The minimum atomic E-state index is -2.79. The molecule has 0 amide bonds. The Labute approximate surface area is 143 Å². The standard InChI is InChI=1S/C20H28F2O2/c1-15(2)6-5-7-16(3)12-13-20(21,22)14-17-8-10-18(11-9-17)19(23)24-4/h8-12,15H,5-7,13-14H2,1-4H3/b16-12+. The Balaban J connectivity index is 2.54. The number of carbonyl (C=O) groups is 1. The lowest BCUT2D eigenvalue weighted by Crippen LogP contribution is -2.18. The molecule has 2 nitrogen and oxygen atoms in total. The Hall–Kier alpha value is -1.71. The molecular formula is C20H28F2O2. The van der Waals surface area contributed by atoms with Crippen molar-refractivity contribution in [2.75, 3.05) is 7.11 Å². The molecule has 1 aromatic rings. The number of esters is 1. The molecule has 0 aromatic heterocycles. The first-order valence-electron chi connectivity index (χ1n) is 8.44. The van der Waals surface area contributed by atoms with Gasteiger partial charge in [0.2, 0.25) is 0 Å². The summed E-state index contributed by atoms with van der Waals surface area (Å²) in [6.45, 7) is 6.25. The number of alkyl halides is 2. The van der Waals surface area contributed by atoms with Gasteiger partial charge < -0.3 is 4.74 Å². The van der Waals surface area contributed by atoms with E-state index in [1.165, 1.54) is 19.2 Å². The lowest BCUT2D eigenvalue weighted by molar-refractivity contribution is 0.00468. The molecule has 4 heteroatoms. The minimum Gasteiger partial charge on any atom is -0.465 e. The number of ether oxygens (including phenoxy) is 1. The molecule has 24 heavy (non-hydrogen) atoms. The summed E-state index contributed by atoms with van der Waals surface area (Å²) < 4.78 is 32.8. The second-order valence-corrected chi connectivity index (χ2v) is 6.76. The molecule has 0 unspecified atom stereocenters. The summed E-state index contributed by atoms with van der Waals surface area (Å²) in [7, 11) is 1.29. The van der Waals surface area contributed by atoms with Crippen molar-refractivity contribution in [3.05, 3.63) is 47.0 Å². The first-order valence-corrected chi connectivity index (χ1v) is 8.44. The largest absolute Gasteiger partial charge is 0.465 e. The summed E-state index contributed by atoms with van der Waals surface area (Å²) >= 11 is 0. The second-order valence-electron chi connectivity index (χ2n) is 6.76. The van der Waals surface area contributed by atoms with Crippen molar-refractivity contribution < 1.29 is 18.3 Å². The lowest BCUT2D eigenvalue weighted by Gasteiger charge is -2.15. The summed E-state index contributed by atoms with van der Waals surface area (Å²) in [5, 5.41) is 0. The van der Waals surface area contributed by atoms with Crippen LogP contribution in [0.15, 0.2) is 35.9 Å². The number of allylic oxidation sites excluding steroid dienone is 2. The third kappa shape index (κ3) is 7.71. The van der Waals surface area contributed by atoms with E-state index in [1.54, 1.807) is 18.2 Å². The van der Waals surface area contributed by atoms with Gasteiger partial charge in [0.05, 0.1) is 12.7 Å². The Kier molecular flexibility index (Phi) is 8.09. The van der Waals surface area contributed by atoms with E-state index in [0.29, 0.717) is 17.0 Å². The van der Waals surface area contributed by atoms with Crippen molar-refractivity contribution in [1.29, 1.82) is 0 Å². The molecule has 0 bridgehead atoms. The van der Waals surface area contributed by atoms with Gasteiger partial charge in [-0.3, -0.25) is 0 Å². The quantitative estimate of drug-likeness (QED) is 0.419. The molecule has 0 saturated heterocycles. The molecule has 1 aromatic carbocycles. The van der Waals surface area contributed by atoms with Gasteiger partial charge in [-0.15, -0.1) is 0 Å². The normalized spacial score (nSPS) is 12.5. The molecular weight excluding hydrogens is 310 g/mol. The summed E-state index contributed by atoms with van der Waals surface area (Å²) in [6.07, 6.45) is 4.11. The number of rotatable bonds is 9. The zero-order valence-electron chi connectivity index (χ0n) is 15.1. The van der Waals surface area contributed by atoms with E-state index in [9.17, 15) is 13.6 Å². The van der Waals surface area contributed by atoms with Crippen LogP contribution in [0.25, 0.3) is 0 Å². The van der Waals surface area contributed by atoms with Crippen molar-refractivity contribution in [3.8, 4) is 0 Å². The zero-order chi connectivity index (χ0) is 18.2. The second kappa shape index (κ2) is 9.55. The molecule has 0 fully saturated rings. The maximum Gasteiger partial charge on any atom is 0.337 e. The molecule has 0 aliphatic rings. The first-order chi connectivity index (χ1) is 11.2. The van der Waals surface area contributed by atoms with Gasteiger partial charge in [-0.2, -0.15) is 0 Å². The molecule has 0 atom stereocenters. The van der Waals surface area contributed by atoms with Gasteiger partial charge in [-0.25, -0.2) is 13.6 Å². The summed E-state index contributed by atoms with van der Waals surface area (Å²) in [6, 6.07) is 6.15. The van der Waals surface area contributed by atoms with Crippen LogP contribution in [0.2, 0.25) is 0 Å². The Morgan fingerprint density at radius 3 is 2.42 bits per heavy atom. The Morgan fingerprint density at radius 1 is 1.25 bits per heavy atom. The minimum absolute atomic E-state index is 0.251. The maximum absolute atomic E-state index is 14.1. The van der Waals surface area contributed by atoms with Gasteiger partial charge in [0, 0.05) is 12.8 Å². The number of hydrogen-bond donors (Lipinski definition) is 0. The fourth-order valence-corrected chi connectivity index (χ4v) is 2.46. The van der Waals surface area contributed by atoms with E-state index in [-0.39, 0.29) is 12.8 Å². The van der Waals surface area contributed by atoms with E-state index in [2.05, 4.69) is 18.6 Å². The van der Waals surface area contributed by atoms with Crippen molar-refractivity contribution >= 4 is 5.97 Å². The highest BCUT2D eigenvalue weighted by molar-refractivity contribution is 5.89. The fraction of sp³-hybridized carbons (Fsp3) is 0.550.